The number of anilines is 1. The maximum atomic E-state index is 13.1. The summed E-state index contributed by atoms with van der Waals surface area (Å²) in [5, 5.41) is 11.4. The Morgan fingerprint density at radius 3 is 2.41 bits per heavy atom. The van der Waals surface area contributed by atoms with Crippen LogP contribution in [0.25, 0.3) is 11.0 Å². The van der Waals surface area contributed by atoms with Crippen molar-refractivity contribution in [1.82, 2.24) is 9.80 Å². The Balaban J connectivity index is 1.42. The molecule has 1 fully saturated rings. The van der Waals surface area contributed by atoms with Gasteiger partial charge in [0, 0.05) is 68.5 Å². The molecule has 1 unspecified atom stereocenters. The van der Waals surface area contributed by atoms with Crippen molar-refractivity contribution < 1.29 is 18.9 Å². The average molecular weight is 466 g/mol. The fourth-order valence-electron chi connectivity index (χ4n) is 4.39. The standard InChI is InChI=1S/C26H33N4O4/c1-4-28(5-2)21-7-6-20-16-22(26(33)34-23(20)17-21)25(32)30-14-12-29(13-15-30)24(31)18-27-10-8-19(3)9-11-27/h6-11,16-17,24,31H,4-5,12-15,18H2,1-3H3/q+1. The molecule has 1 N–H and O–H groups in total. The van der Waals surface area contributed by atoms with Crippen LogP contribution in [-0.2, 0) is 6.54 Å². The number of carbonyl (C=O) groups is 1. The molecular formula is C26H33N4O4+. The van der Waals surface area contributed by atoms with Gasteiger partial charge in [0.15, 0.2) is 25.2 Å². The highest BCUT2D eigenvalue weighted by molar-refractivity contribution is 5.97. The number of amides is 1. The zero-order valence-corrected chi connectivity index (χ0v) is 20.1. The van der Waals surface area contributed by atoms with Crippen molar-refractivity contribution in [1.29, 1.82) is 0 Å². The Labute approximate surface area is 199 Å². The van der Waals surface area contributed by atoms with Crippen LogP contribution in [0.5, 0.6) is 0 Å². The van der Waals surface area contributed by atoms with E-state index in [1.165, 1.54) is 5.56 Å². The van der Waals surface area contributed by atoms with Crippen LogP contribution in [-0.4, -0.2) is 66.3 Å². The van der Waals surface area contributed by atoms with Crippen molar-refractivity contribution in [2.75, 3.05) is 44.2 Å². The smallest absolute Gasteiger partial charge is 0.349 e. The molecule has 0 spiro atoms. The van der Waals surface area contributed by atoms with Gasteiger partial charge in [-0.2, -0.15) is 0 Å². The van der Waals surface area contributed by atoms with E-state index in [-0.39, 0.29) is 11.5 Å². The number of rotatable bonds is 7. The lowest BCUT2D eigenvalue weighted by Gasteiger charge is -2.36. The number of aliphatic hydroxyl groups excluding tert-OH is 1. The topological polar surface area (TPSA) is 81.1 Å². The normalized spacial score (nSPS) is 15.5. The molecule has 3 heterocycles. The second-order valence-electron chi connectivity index (χ2n) is 8.72. The average Bonchev–Trinajstić information content (AvgIpc) is 2.85. The number of aryl methyl sites for hydroxylation is 1. The molecule has 3 aromatic rings. The van der Waals surface area contributed by atoms with Gasteiger partial charge in [-0.3, -0.25) is 9.69 Å². The van der Waals surface area contributed by atoms with E-state index in [1.807, 2.05) is 59.1 Å². The number of piperazine rings is 1. The van der Waals surface area contributed by atoms with Gasteiger partial charge in [-0.25, -0.2) is 9.36 Å². The van der Waals surface area contributed by atoms with Crippen molar-refractivity contribution in [3.8, 4) is 0 Å². The number of aromatic nitrogens is 1. The maximum Gasteiger partial charge on any atom is 0.349 e. The fraction of sp³-hybridized carbons (Fsp3) is 0.423. The summed E-state index contributed by atoms with van der Waals surface area (Å²) in [6, 6.07) is 11.4. The molecule has 8 heteroatoms. The quantitative estimate of drug-likeness (QED) is 0.425. The van der Waals surface area contributed by atoms with Crippen LogP contribution >= 0.6 is 0 Å². The minimum absolute atomic E-state index is 0.0484. The van der Waals surface area contributed by atoms with E-state index in [0.29, 0.717) is 38.3 Å². The molecule has 180 valence electrons. The zero-order chi connectivity index (χ0) is 24.2. The molecule has 0 radical (unpaired) electrons. The highest BCUT2D eigenvalue weighted by Gasteiger charge is 2.29. The monoisotopic (exact) mass is 465 g/mol. The van der Waals surface area contributed by atoms with Gasteiger partial charge in [0.1, 0.15) is 11.1 Å². The Morgan fingerprint density at radius 2 is 1.76 bits per heavy atom. The third-order valence-electron chi connectivity index (χ3n) is 6.53. The predicted molar refractivity (Wildman–Crippen MR) is 131 cm³/mol. The number of pyridine rings is 1. The van der Waals surface area contributed by atoms with Crippen LogP contribution in [0.1, 0.15) is 29.8 Å². The molecule has 1 atom stereocenters. The molecule has 1 aromatic carbocycles. The van der Waals surface area contributed by atoms with Crippen molar-refractivity contribution in [2.24, 2.45) is 0 Å². The van der Waals surface area contributed by atoms with Crippen LogP contribution in [0.3, 0.4) is 0 Å². The van der Waals surface area contributed by atoms with Crippen molar-refractivity contribution in [2.45, 2.75) is 33.5 Å². The van der Waals surface area contributed by atoms with Crippen LogP contribution in [0.2, 0.25) is 0 Å². The highest BCUT2D eigenvalue weighted by atomic mass is 16.4. The van der Waals surface area contributed by atoms with E-state index in [4.69, 9.17) is 4.42 Å². The summed E-state index contributed by atoms with van der Waals surface area (Å²) >= 11 is 0. The first-order chi connectivity index (χ1) is 16.4. The molecule has 2 aromatic heterocycles. The number of hydrogen-bond acceptors (Lipinski definition) is 6. The lowest BCUT2D eigenvalue weighted by atomic mass is 10.1. The summed E-state index contributed by atoms with van der Waals surface area (Å²) in [6.45, 7) is 10.3. The summed E-state index contributed by atoms with van der Waals surface area (Å²) in [5.41, 5.74) is 2.06. The van der Waals surface area contributed by atoms with Crippen molar-refractivity contribution in [3.05, 3.63) is 70.3 Å². The van der Waals surface area contributed by atoms with Gasteiger partial charge < -0.3 is 19.3 Å². The number of benzene rings is 1. The van der Waals surface area contributed by atoms with Gasteiger partial charge in [-0.1, -0.05) is 0 Å². The third kappa shape index (κ3) is 5.13. The van der Waals surface area contributed by atoms with Gasteiger partial charge >= 0.3 is 5.63 Å². The van der Waals surface area contributed by atoms with Crippen LogP contribution in [0.4, 0.5) is 5.69 Å². The van der Waals surface area contributed by atoms with Crippen LogP contribution < -0.4 is 15.1 Å². The van der Waals surface area contributed by atoms with Crippen molar-refractivity contribution in [3.63, 3.8) is 0 Å². The highest BCUT2D eigenvalue weighted by Crippen LogP contribution is 2.22. The van der Waals surface area contributed by atoms with Gasteiger partial charge in [-0.15, -0.1) is 0 Å². The maximum absolute atomic E-state index is 13.1. The van der Waals surface area contributed by atoms with E-state index in [9.17, 15) is 14.7 Å². The lowest BCUT2D eigenvalue weighted by Crippen LogP contribution is -2.55. The number of aliphatic hydroxyl groups is 1. The molecule has 1 aliphatic heterocycles. The first-order valence-electron chi connectivity index (χ1n) is 11.9. The number of nitrogens with zero attached hydrogens (tertiary/aromatic N) is 4. The molecule has 1 amide bonds. The SMILES string of the molecule is CCN(CC)c1ccc2cc(C(=O)N3CCN(C(O)C[n+]4ccc(C)cc4)CC3)c(=O)oc2c1. The van der Waals surface area contributed by atoms with Gasteiger partial charge in [-0.05, 0) is 44.5 Å². The summed E-state index contributed by atoms with van der Waals surface area (Å²) in [7, 11) is 0. The van der Waals surface area contributed by atoms with Gasteiger partial charge in [0.2, 0.25) is 0 Å². The summed E-state index contributed by atoms with van der Waals surface area (Å²) in [5.74, 6) is -0.328. The molecular weight excluding hydrogens is 432 g/mol. The Morgan fingerprint density at radius 1 is 1.09 bits per heavy atom. The van der Waals surface area contributed by atoms with Crippen molar-refractivity contribution >= 4 is 22.6 Å². The molecule has 4 rings (SSSR count). The molecule has 1 saturated heterocycles. The third-order valence-corrected chi connectivity index (χ3v) is 6.53. The molecule has 0 saturated carbocycles. The summed E-state index contributed by atoms with van der Waals surface area (Å²) < 4.78 is 7.48. The summed E-state index contributed by atoms with van der Waals surface area (Å²) in [6.07, 6.45) is 3.25. The van der Waals surface area contributed by atoms with Crippen LogP contribution in [0, 0.1) is 6.92 Å². The molecule has 1 aliphatic rings. The lowest BCUT2D eigenvalue weighted by molar-refractivity contribution is -0.707. The Kier molecular flexibility index (Phi) is 7.29. The number of carbonyl (C=O) groups excluding carboxylic acids is 1. The number of hydrogen-bond donors (Lipinski definition) is 1. The van der Waals surface area contributed by atoms with Gasteiger partial charge in [0.05, 0.1) is 0 Å². The molecule has 34 heavy (non-hydrogen) atoms. The zero-order valence-electron chi connectivity index (χ0n) is 20.1. The Bertz CT molecular complexity index is 1200. The van der Waals surface area contributed by atoms with E-state index in [2.05, 4.69) is 18.7 Å². The first kappa shape index (κ1) is 23.9. The molecule has 8 nitrogen and oxygen atoms in total. The minimum Gasteiger partial charge on any atom is -0.422 e. The largest absolute Gasteiger partial charge is 0.422 e. The van der Waals surface area contributed by atoms with Gasteiger partial charge in [0.25, 0.3) is 5.91 Å². The minimum atomic E-state index is -0.643. The van der Waals surface area contributed by atoms with E-state index < -0.39 is 11.9 Å². The second kappa shape index (κ2) is 10.4. The van der Waals surface area contributed by atoms with E-state index >= 15 is 0 Å². The van der Waals surface area contributed by atoms with E-state index in [0.717, 1.165) is 24.2 Å². The fourth-order valence-corrected chi connectivity index (χ4v) is 4.39. The number of fused-ring (bicyclic) bond motifs is 1. The van der Waals surface area contributed by atoms with Crippen LogP contribution in [0.15, 0.2) is 58.0 Å². The Hall–Kier alpha value is -3.23. The van der Waals surface area contributed by atoms with E-state index in [1.54, 1.807) is 11.0 Å². The second-order valence-corrected chi connectivity index (χ2v) is 8.72. The first-order valence-corrected chi connectivity index (χ1v) is 11.9. The molecule has 0 bridgehead atoms. The summed E-state index contributed by atoms with van der Waals surface area (Å²) in [4.78, 5) is 31.5. The predicted octanol–water partition coefficient (Wildman–Crippen LogP) is 2.01. The molecule has 0 aliphatic carbocycles.